The fourth-order valence-electron chi connectivity index (χ4n) is 2.55. The van der Waals surface area contributed by atoms with Gasteiger partial charge in [0.25, 0.3) is 5.91 Å². The number of ether oxygens (including phenoxy) is 3. The smallest absolute Gasteiger partial charge is 0.266 e. The molecule has 152 valence electrons. The Morgan fingerprint density at radius 3 is 2.48 bits per heavy atom. The zero-order valence-electron chi connectivity index (χ0n) is 17.2. The van der Waals surface area contributed by atoms with Gasteiger partial charge in [-0.25, -0.2) is 0 Å². The molecule has 0 aliphatic carbocycles. The average Bonchev–Trinajstić information content (AvgIpc) is 2.72. The number of carbonyl (C=O) groups is 1. The highest BCUT2D eigenvalue weighted by Crippen LogP contribution is 2.29. The van der Waals surface area contributed by atoms with Crippen LogP contribution in [-0.2, 0) is 4.79 Å². The van der Waals surface area contributed by atoms with Gasteiger partial charge in [-0.3, -0.25) is 4.79 Å². The molecule has 0 aliphatic heterocycles. The van der Waals surface area contributed by atoms with Crippen molar-refractivity contribution >= 4 is 17.7 Å². The molecule has 0 heterocycles. The van der Waals surface area contributed by atoms with Gasteiger partial charge in [-0.05, 0) is 48.2 Å². The molecule has 2 aromatic carbocycles. The third-order valence-electron chi connectivity index (χ3n) is 4.17. The van der Waals surface area contributed by atoms with E-state index in [0.29, 0.717) is 41.0 Å². The second-order valence-corrected chi connectivity index (χ2v) is 6.77. The Hall–Kier alpha value is -3.46. The lowest BCUT2D eigenvalue weighted by Crippen LogP contribution is -2.14. The molecular weight excluding hydrogens is 368 g/mol. The molecule has 0 saturated heterocycles. The number of amides is 1. The summed E-state index contributed by atoms with van der Waals surface area (Å²) in [5, 5.41) is 12.1. The van der Waals surface area contributed by atoms with Crippen LogP contribution < -0.4 is 19.5 Å². The second-order valence-electron chi connectivity index (χ2n) is 6.77. The SMILES string of the molecule is COc1ccccc1NC(=O)/C(C#N)=C/c1ccc(OCCC(C)C)c(OC)c1. The maximum atomic E-state index is 12.5. The van der Waals surface area contributed by atoms with Gasteiger partial charge < -0.3 is 19.5 Å². The minimum Gasteiger partial charge on any atom is -0.495 e. The largest absolute Gasteiger partial charge is 0.495 e. The number of carbonyl (C=O) groups excluding carboxylic acids is 1. The van der Waals surface area contributed by atoms with E-state index in [2.05, 4.69) is 19.2 Å². The fourth-order valence-corrected chi connectivity index (χ4v) is 2.55. The number of hydrogen-bond acceptors (Lipinski definition) is 5. The molecule has 1 N–H and O–H groups in total. The molecule has 6 nitrogen and oxygen atoms in total. The summed E-state index contributed by atoms with van der Waals surface area (Å²) < 4.78 is 16.4. The van der Waals surface area contributed by atoms with Crippen LogP contribution in [0.15, 0.2) is 48.0 Å². The van der Waals surface area contributed by atoms with Crippen LogP contribution in [0.4, 0.5) is 5.69 Å². The van der Waals surface area contributed by atoms with Crippen LogP contribution in [0.25, 0.3) is 6.08 Å². The Morgan fingerprint density at radius 2 is 1.83 bits per heavy atom. The van der Waals surface area contributed by atoms with Gasteiger partial charge >= 0.3 is 0 Å². The summed E-state index contributed by atoms with van der Waals surface area (Å²) in [6, 6.07) is 14.2. The predicted octanol–water partition coefficient (Wildman–Crippen LogP) is 4.67. The summed E-state index contributed by atoms with van der Waals surface area (Å²) in [7, 11) is 3.07. The van der Waals surface area contributed by atoms with Crippen molar-refractivity contribution in [1.82, 2.24) is 0 Å². The molecule has 2 rings (SSSR count). The van der Waals surface area contributed by atoms with Gasteiger partial charge in [-0.1, -0.05) is 32.0 Å². The molecule has 29 heavy (non-hydrogen) atoms. The van der Waals surface area contributed by atoms with Crippen LogP contribution in [0.1, 0.15) is 25.8 Å². The molecule has 0 unspecified atom stereocenters. The summed E-state index contributed by atoms with van der Waals surface area (Å²) in [4.78, 5) is 12.5. The van der Waals surface area contributed by atoms with Gasteiger partial charge in [0.05, 0.1) is 26.5 Å². The van der Waals surface area contributed by atoms with Crippen LogP contribution >= 0.6 is 0 Å². The zero-order chi connectivity index (χ0) is 21.2. The maximum Gasteiger partial charge on any atom is 0.266 e. The van der Waals surface area contributed by atoms with E-state index in [1.807, 2.05) is 6.07 Å². The highest BCUT2D eigenvalue weighted by molar-refractivity contribution is 6.10. The molecule has 6 heteroatoms. The first kappa shape index (κ1) is 21.8. The Morgan fingerprint density at radius 1 is 1.10 bits per heavy atom. The van der Waals surface area contributed by atoms with Gasteiger partial charge in [-0.2, -0.15) is 5.26 Å². The van der Waals surface area contributed by atoms with Crippen LogP contribution in [0, 0.1) is 17.2 Å². The molecule has 1 amide bonds. The van der Waals surface area contributed by atoms with E-state index >= 15 is 0 Å². The van der Waals surface area contributed by atoms with Crippen molar-refractivity contribution in [2.75, 3.05) is 26.1 Å². The van der Waals surface area contributed by atoms with Crippen LogP contribution in [0.3, 0.4) is 0 Å². The summed E-state index contributed by atoms with van der Waals surface area (Å²) in [5.74, 6) is 1.71. The Kier molecular flexibility index (Phi) is 8.11. The minimum atomic E-state index is -0.520. The van der Waals surface area contributed by atoms with Gasteiger partial charge in [0.15, 0.2) is 11.5 Å². The van der Waals surface area contributed by atoms with Gasteiger partial charge in [0, 0.05) is 0 Å². The van der Waals surface area contributed by atoms with E-state index in [0.717, 1.165) is 6.42 Å². The van der Waals surface area contributed by atoms with Crippen molar-refractivity contribution in [2.45, 2.75) is 20.3 Å². The highest BCUT2D eigenvalue weighted by Gasteiger charge is 2.13. The van der Waals surface area contributed by atoms with Crippen molar-refractivity contribution in [2.24, 2.45) is 5.92 Å². The normalized spacial score (nSPS) is 11.0. The third-order valence-corrected chi connectivity index (χ3v) is 4.17. The lowest BCUT2D eigenvalue weighted by atomic mass is 10.1. The Balaban J connectivity index is 2.19. The molecule has 0 aliphatic rings. The first-order valence-corrected chi connectivity index (χ1v) is 9.35. The number of benzene rings is 2. The lowest BCUT2D eigenvalue weighted by Gasteiger charge is -2.12. The fraction of sp³-hybridized carbons (Fsp3) is 0.304. The van der Waals surface area contributed by atoms with Gasteiger partial charge in [0.1, 0.15) is 17.4 Å². The minimum absolute atomic E-state index is 0.0357. The molecule has 0 atom stereocenters. The first-order valence-electron chi connectivity index (χ1n) is 9.35. The van der Waals surface area contributed by atoms with Crippen LogP contribution in [0.2, 0.25) is 0 Å². The van der Waals surface area contributed by atoms with E-state index in [1.165, 1.54) is 13.2 Å². The monoisotopic (exact) mass is 394 g/mol. The number of hydrogen-bond donors (Lipinski definition) is 1. The topological polar surface area (TPSA) is 80.6 Å². The van der Waals surface area contributed by atoms with Crippen molar-refractivity contribution in [3.63, 3.8) is 0 Å². The zero-order valence-corrected chi connectivity index (χ0v) is 17.2. The summed E-state index contributed by atoms with van der Waals surface area (Å²) in [6.45, 7) is 4.86. The van der Waals surface area contributed by atoms with E-state index < -0.39 is 5.91 Å². The van der Waals surface area contributed by atoms with Crippen molar-refractivity contribution in [1.29, 1.82) is 5.26 Å². The number of para-hydroxylation sites is 2. The summed E-state index contributed by atoms with van der Waals surface area (Å²) in [6.07, 6.45) is 2.44. The molecule has 0 aromatic heterocycles. The van der Waals surface area contributed by atoms with Crippen molar-refractivity contribution in [3.05, 3.63) is 53.6 Å². The molecular formula is C23H26N2O4. The lowest BCUT2D eigenvalue weighted by molar-refractivity contribution is -0.112. The predicted molar refractivity (Wildman–Crippen MR) is 113 cm³/mol. The molecule has 0 bridgehead atoms. The molecule has 2 aromatic rings. The number of nitriles is 1. The molecule has 0 spiro atoms. The first-order chi connectivity index (χ1) is 14.0. The summed E-state index contributed by atoms with van der Waals surface area (Å²) in [5.41, 5.74) is 1.11. The number of rotatable bonds is 9. The molecule has 0 radical (unpaired) electrons. The van der Waals surface area contributed by atoms with Crippen molar-refractivity contribution in [3.8, 4) is 23.3 Å². The van der Waals surface area contributed by atoms with Gasteiger partial charge in [0.2, 0.25) is 0 Å². The Bertz CT molecular complexity index is 913. The van der Waals surface area contributed by atoms with Crippen LogP contribution in [-0.4, -0.2) is 26.7 Å². The van der Waals surface area contributed by atoms with Crippen LogP contribution in [0.5, 0.6) is 17.2 Å². The second kappa shape index (κ2) is 10.8. The molecule has 0 fully saturated rings. The average molecular weight is 394 g/mol. The van der Waals surface area contributed by atoms with E-state index in [9.17, 15) is 10.1 Å². The number of anilines is 1. The van der Waals surface area contributed by atoms with Crippen molar-refractivity contribution < 1.29 is 19.0 Å². The maximum absolute atomic E-state index is 12.5. The van der Waals surface area contributed by atoms with E-state index in [1.54, 1.807) is 49.6 Å². The standard InChI is InChI=1S/C23H26N2O4/c1-16(2)11-12-29-21-10-9-17(14-22(21)28-4)13-18(15-24)23(26)25-19-7-5-6-8-20(19)27-3/h5-10,13-14,16H,11-12H2,1-4H3,(H,25,26)/b18-13+. The van der Waals surface area contributed by atoms with E-state index in [4.69, 9.17) is 14.2 Å². The number of methoxy groups -OCH3 is 2. The quantitative estimate of drug-likeness (QED) is 0.494. The summed E-state index contributed by atoms with van der Waals surface area (Å²) >= 11 is 0. The Labute approximate surface area is 171 Å². The van der Waals surface area contributed by atoms with E-state index in [-0.39, 0.29) is 5.57 Å². The number of nitrogens with zero attached hydrogens (tertiary/aromatic N) is 1. The number of nitrogens with one attached hydrogen (secondary N) is 1. The highest BCUT2D eigenvalue weighted by atomic mass is 16.5. The van der Waals surface area contributed by atoms with Gasteiger partial charge in [-0.15, -0.1) is 0 Å². The molecule has 0 saturated carbocycles. The third kappa shape index (κ3) is 6.28.